The van der Waals surface area contributed by atoms with E-state index >= 15 is 0 Å². The molecule has 1 saturated heterocycles. The van der Waals surface area contributed by atoms with Gasteiger partial charge in [-0.25, -0.2) is 0 Å². The van der Waals surface area contributed by atoms with E-state index in [0.29, 0.717) is 46.8 Å². The van der Waals surface area contributed by atoms with Crippen molar-refractivity contribution in [1.82, 2.24) is 15.1 Å². The fourth-order valence-corrected chi connectivity index (χ4v) is 5.68. The minimum atomic E-state index is -0.782. The molecule has 4 N–H and O–H groups in total. The Bertz CT molecular complexity index is 1430. The molecule has 41 heavy (non-hydrogen) atoms. The predicted molar refractivity (Wildman–Crippen MR) is 159 cm³/mol. The molecule has 5 rings (SSSR count). The number of nitrogens with zero attached hydrogens (tertiary/aromatic N) is 4. The molecule has 3 heterocycles. The smallest absolute Gasteiger partial charge is 0.213 e. The number of aromatic nitrogens is 2. The van der Waals surface area contributed by atoms with Gasteiger partial charge in [-0.1, -0.05) is 0 Å². The minimum Gasteiger partial charge on any atom is -0.493 e. The summed E-state index contributed by atoms with van der Waals surface area (Å²) >= 11 is 0. The second-order valence-electron chi connectivity index (χ2n) is 11.0. The first-order chi connectivity index (χ1) is 19.6. The van der Waals surface area contributed by atoms with Gasteiger partial charge >= 0.3 is 0 Å². The van der Waals surface area contributed by atoms with Crippen LogP contribution in [0.2, 0.25) is 0 Å². The monoisotopic (exact) mass is 560 g/mol. The van der Waals surface area contributed by atoms with Crippen LogP contribution >= 0.6 is 0 Å². The highest BCUT2D eigenvalue weighted by atomic mass is 16.7. The molecular weight excluding hydrogens is 520 g/mol. The van der Waals surface area contributed by atoms with E-state index in [1.54, 1.807) is 26.4 Å². The van der Waals surface area contributed by atoms with Gasteiger partial charge in [-0.3, -0.25) is 10.7 Å². The largest absolute Gasteiger partial charge is 0.493 e. The van der Waals surface area contributed by atoms with Gasteiger partial charge in [0.2, 0.25) is 5.79 Å². The molecule has 3 aromatic rings. The van der Waals surface area contributed by atoms with Crippen molar-refractivity contribution in [2.75, 3.05) is 33.0 Å². The molecule has 218 valence electrons. The molecule has 1 fully saturated rings. The number of nitrogen functional groups attached to an aromatic ring is 1. The molecule has 1 aromatic heterocycles. The first kappa shape index (κ1) is 28.8. The van der Waals surface area contributed by atoms with E-state index in [1.807, 2.05) is 32.0 Å². The first-order valence-electron chi connectivity index (χ1n) is 14.0. The van der Waals surface area contributed by atoms with Gasteiger partial charge in [0.1, 0.15) is 5.75 Å². The Morgan fingerprint density at radius 1 is 1.12 bits per heavy atom. The molecule has 2 aliphatic rings. The van der Waals surface area contributed by atoms with Gasteiger partial charge in [0.25, 0.3) is 0 Å². The number of hydrogen-bond donors (Lipinski definition) is 2. The van der Waals surface area contributed by atoms with E-state index < -0.39 is 12.0 Å². The number of anilines is 1. The number of methoxy groups -OCH3 is 1. The van der Waals surface area contributed by atoms with Crippen molar-refractivity contribution in [2.24, 2.45) is 10.7 Å². The third-order valence-corrected chi connectivity index (χ3v) is 8.04. The van der Waals surface area contributed by atoms with Gasteiger partial charge < -0.3 is 29.6 Å². The number of piperidine rings is 1. The molecule has 2 aromatic carbocycles. The minimum absolute atomic E-state index is 0.445. The Labute approximate surface area is 241 Å². The molecule has 0 amide bonds. The highest BCUT2D eigenvalue weighted by molar-refractivity contribution is 6.16. The van der Waals surface area contributed by atoms with Crippen molar-refractivity contribution < 1.29 is 18.9 Å². The summed E-state index contributed by atoms with van der Waals surface area (Å²) in [5.74, 6) is 1.20. The van der Waals surface area contributed by atoms with E-state index in [2.05, 4.69) is 40.0 Å². The van der Waals surface area contributed by atoms with Crippen LogP contribution in [0.15, 0.2) is 41.5 Å². The maximum atomic E-state index is 6.51. The number of nitrogens with two attached hydrogens (primary N) is 2. The Hall–Kier alpha value is -3.73. The molecule has 1 spiro atoms. The van der Waals surface area contributed by atoms with Crippen molar-refractivity contribution in [3.05, 3.63) is 70.0 Å². The summed E-state index contributed by atoms with van der Waals surface area (Å²) in [4.78, 5) is 7.07. The van der Waals surface area contributed by atoms with Gasteiger partial charge in [0.15, 0.2) is 17.7 Å². The fraction of sp³-hybridized carbons (Fsp3) is 0.452. The quantitative estimate of drug-likeness (QED) is 0.247. The van der Waals surface area contributed by atoms with Gasteiger partial charge in [0, 0.05) is 73.0 Å². The summed E-state index contributed by atoms with van der Waals surface area (Å²) in [6.45, 7) is 10.6. The summed E-state index contributed by atoms with van der Waals surface area (Å²) in [6, 6.07) is 10.1. The number of fused-ring (bicyclic) bond motifs is 1. The summed E-state index contributed by atoms with van der Waals surface area (Å²) in [6.07, 6.45) is 2.57. The molecule has 10 nitrogen and oxygen atoms in total. The maximum Gasteiger partial charge on any atom is 0.213 e. The Balaban J connectivity index is 1.41. The highest BCUT2D eigenvalue weighted by Crippen LogP contribution is 2.40. The van der Waals surface area contributed by atoms with Crippen LogP contribution in [-0.2, 0) is 11.3 Å². The Morgan fingerprint density at radius 3 is 2.54 bits per heavy atom. The molecule has 0 aliphatic carbocycles. The van der Waals surface area contributed by atoms with Crippen molar-refractivity contribution in [3.8, 4) is 17.2 Å². The van der Waals surface area contributed by atoms with Crippen LogP contribution in [0.1, 0.15) is 66.4 Å². The van der Waals surface area contributed by atoms with Gasteiger partial charge in [0.05, 0.1) is 31.3 Å². The predicted octanol–water partition coefficient (Wildman–Crippen LogP) is 4.30. The molecule has 1 atom stereocenters. The standard InChI is InChI=1S/C31H40N6O4/c1-18(2)37-11-9-31(10-12-37)39-17-22-13-21(7-8-25(22)41-31)29(34-5)23-14-27(26(38-6)15-24(23)32)40-30(33)28-19(3)16-35-36-20(28)4/h7-8,13-16,18,30H,9-12,17,32-33H2,1-6H3/t30-/m0/s1. The van der Waals surface area contributed by atoms with Gasteiger partial charge in [-0.15, -0.1) is 0 Å². The fourth-order valence-electron chi connectivity index (χ4n) is 5.68. The number of benzene rings is 2. The SMILES string of the molecule is CN=C(c1ccc2c(c1)COC1(CCN(C(C)C)CC1)O2)c1cc(O[C@H](N)c2c(C)cnnc2C)c(OC)cc1N. The number of aryl methyl sites for hydroxylation is 2. The van der Waals surface area contributed by atoms with Crippen LogP contribution in [0.25, 0.3) is 0 Å². The van der Waals surface area contributed by atoms with Crippen molar-refractivity contribution in [1.29, 1.82) is 0 Å². The van der Waals surface area contributed by atoms with Crippen molar-refractivity contribution >= 4 is 11.4 Å². The van der Waals surface area contributed by atoms with Crippen LogP contribution in [-0.4, -0.2) is 59.9 Å². The number of hydrogen-bond acceptors (Lipinski definition) is 10. The summed E-state index contributed by atoms with van der Waals surface area (Å²) < 4.78 is 24.6. The molecule has 0 saturated carbocycles. The number of aliphatic imine (C=N–C) groups is 1. The second-order valence-corrected chi connectivity index (χ2v) is 11.0. The molecule has 10 heteroatoms. The van der Waals surface area contributed by atoms with Crippen LogP contribution in [0.3, 0.4) is 0 Å². The van der Waals surface area contributed by atoms with E-state index in [-0.39, 0.29) is 0 Å². The Morgan fingerprint density at radius 2 is 1.88 bits per heavy atom. The van der Waals surface area contributed by atoms with Crippen LogP contribution in [0.4, 0.5) is 5.69 Å². The molecular formula is C31H40N6O4. The average molecular weight is 561 g/mol. The van der Waals surface area contributed by atoms with Crippen LogP contribution in [0, 0.1) is 13.8 Å². The lowest BCUT2D eigenvalue weighted by molar-refractivity contribution is -0.229. The van der Waals surface area contributed by atoms with Crippen molar-refractivity contribution in [3.63, 3.8) is 0 Å². The normalized spacial score (nSPS) is 17.7. The lowest BCUT2D eigenvalue weighted by atomic mass is 9.96. The van der Waals surface area contributed by atoms with Crippen LogP contribution < -0.4 is 25.7 Å². The summed E-state index contributed by atoms with van der Waals surface area (Å²) in [5, 5.41) is 8.12. The van der Waals surface area contributed by atoms with E-state index in [1.165, 1.54) is 0 Å². The third-order valence-electron chi connectivity index (χ3n) is 8.04. The zero-order valence-corrected chi connectivity index (χ0v) is 24.7. The number of likely N-dealkylation sites (tertiary alicyclic amines) is 1. The van der Waals surface area contributed by atoms with E-state index in [0.717, 1.165) is 53.9 Å². The molecule has 2 aliphatic heterocycles. The topological polar surface area (TPSA) is 130 Å². The van der Waals surface area contributed by atoms with Gasteiger partial charge in [-0.05, 0) is 57.5 Å². The maximum absolute atomic E-state index is 6.51. The van der Waals surface area contributed by atoms with E-state index in [9.17, 15) is 0 Å². The molecule has 0 unspecified atom stereocenters. The Kier molecular flexibility index (Phi) is 8.17. The lowest BCUT2D eigenvalue weighted by Gasteiger charge is -2.45. The number of rotatable bonds is 7. The van der Waals surface area contributed by atoms with E-state index in [4.69, 9.17) is 30.4 Å². The number of ether oxygens (including phenoxy) is 4. The summed E-state index contributed by atoms with van der Waals surface area (Å²) in [7, 11) is 3.31. The second kappa shape index (κ2) is 11.6. The zero-order chi connectivity index (χ0) is 29.3. The lowest BCUT2D eigenvalue weighted by Crippen LogP contribution is -2.52. The van der Waals surface area contributed by atoms with Crippen LogP contribution in [0.5, 0.6) is 17.2 Å². The van der Waals surface area contributed by atoms with Gasteiger partial charge in [-0.2, -0.15) is 10.2 Å². The molecule has 0 bridgehead atoms. The summed E-state index contributed by atoms with van der Waals surface area (Å²) in [5.41, 5.74) is 19.1. The third kappa shape index (κ3) is 5.72. The van der Waals surface area contributed by atoms with Crippen molar-refractivity contribution in [2.45, 2.75) is 65.2 Å². The highest BCUT2D eigenvalue weighted by Gasteiger charge is 2.41. The first-order valence-corrected chi connectivity index (χ1v) is 14.0. The zero-order valence-electron chi connectivity index (χ0n) is 24.7. The average Bonchev–Trinajstić information content (AvgIpc) is 2.95. The molecule has 0 radical (unpaired) electrons.